The van der Waals surface area contributed by atoms with E-state index in [0.717, 1.165) is 37.9 Å². The molecule has 0 amide bonds. The predicted molar refractivity (Wildman–Crippen MR) is 86.0 cm³/mol. The molecule has 1 spiro atoms. The molecule has 0 radical (unpaired) electrons. The van der Waals surface area contributed by atoms with Crippen LogP contribution >= 0.6 is 11.8 Å². The van der Waals surface area contributed by atoms with Crippen LogP contribution in [-0.2, 0) is 4.74 Å². The van der Waals surface area contributed by atoms with Gasteiger partial charge in [-0.05, 0) is 67.2 Å². The van der Waals surface area contributed by atoms with Crippen LogP contribution in [0.4, 0.5) is 4.39 Å². The van der Waals surface area contributed by atoms with Crippen molar-refractivity contribution in [3.8, 4) is 0 Å². The number of hydrogen-bond donors (Lipinski definition) is 1. The lowest BCUT2D eigenvalue weighted by Gasteiger charge is -2.44. The Kier molecular flexibility index (Phi) is 4.57. The largest absolute Gasteiger partial charge is 0.375 e. The minimum atomic E-state index is -0.154. The summed E-state index contributed by atoms with van der Waals surface area (Å²) in [6.45, 7) is 2.57. The maximum atomic E-state index is 13.8. The number of rotatable bonds is 2. The maximum absolute atomic E-state index is 13.8. The molecule has 0 aromatic heterocycles. The molecule has 2 unspecified atom stereocenters. The van der Waals surface area contributed by atoms with Crippen molar-refractivity contribution >= 4 is 11.8 Å². The van der Waals surface area contributed by atoms with Crippen molar-refractivity contribution < 1.29 is 9.13 Å². The highest BCUT2D eigenvalue weighted by Crippen LogP contribution is 2.43. The molecule has 2 N–H and O–H groups in total. The van der Waals surface area contributed by atoms with E-state index >= 15 is 0 Å². The molecular weight excluding hydrogens is 285 g/mol. The summed E-state index contributed by atoms with van der Waals surface area (Å²) < 4.78 is 19.9. The highest BCUT2D eigenvalue weighted by Gasteiger charge is 2.40. The Bertz CT molecular complexity index is 496. The van der Waals surface area contributed by atoms with Gasteiger partial charge in [0.05, 0.1) is 5.60 Å². The van der Waals surface area contributed by atoms with Crippen LogP contribution in [0.1, 0.15) is 42.9 Å². The Morgan fingerprint density at radius 2 is 2.14 bits per heavy atom. The molecule has 4 heteroatoms. The van der Waals surface area contributed by atoms with E-state index in [1.54, 1.807) is 13.0 Å². The highest BCUT2D eigenvalue weighted by atomic mass is 32.2. The number of nitrogens with two attached hydrogens (primary N) is 1. The molecule has 0 aliphatic carbocycles. The maximum Gasteiger partial charge on any atom is 0.126 e. The molecule has 21 heavy (non-hydrogen) atoms. The molecule has 2 fully saturated rings. The van der Waals surface area contributed by atoms with Gasteiger partial charge < -0.3 is 10.5 Å². The third-order valence-electron chi connectivity index (χ3n) is 5.02. The van der Waals surface area contributed by atoms with E-state index in [1.165, 1.54) is 11.5 Å². The number of benzene rings is 1. The van der Waals surface area contributed by atoms with E-state index < -0.39 is 0 Å². The first-order chi connectivity index (χ1) is 10.1. The summed E-state index contributed by atoms with van der Waals surface area (Å²) in [6, 6.07) is 5.33. The van der Waals surface area contributed by atoms with E-state index in [0.29, 0.717) is 11.5 Å². The zero-order chi connectivity index (χ0) is 14.9. The van der Waals surface area contributed by atoms with Crippen LogP contribution in [0.25, 0.3) is 0 Å². The van der Waals surface area contributed by atoms with Crippen LogP contribution in [0.15, 0.2) is 18.2 Å². The lowest BCUT2D eigenvalue weighted by Crippen LogP contribution is -2.45. The van der Waals surface area contributed by atoms with Gasteiger partial charge in [0.25, 0.3) is 0 Å². The van der Waals surface area contributed by atoms with Crippen molar-refractivity contribution in [3.05, 3.63) is 35.1 Å². The van der Waals surface area contributed by atoms with Crippen molar-refractivity contribution in [2.24, 2.45) is 11.7 Å². The van der Waals surface area contributed by atoms with Gasteiger partial charge in [0.1, 0.15) is 5.82 Å². The molecular formula is C17H24FNOS. The fraction of sp³-hybridized carbons (Fsp3) is 0.647. The third kappa shape index (κ3) is 3.27. The van der Waals surface area contributed by atoms with E-state index in [4.69, 9.17) is 10.5 Å². The Labute approximate surface area is 130 Å². The summed E-state index contributed by atoms with van der Waals surface area (Å²) >= 11 is 2.01. The van der Waals surface area contributed by atoms with Crippen LogP contribution in [0.5, 0.6) is 0 Å². The van der Waals surface area contributed by atoms with E-state index in [2.05, 4.69) is 0 Å². The molecule has 1 aromatic carbocycles. The highest BCUT2D eigenvalue weighted by molar-refractivity contribution is 7.99. The van der Waals surface area contributed by atoms with Crippen molar-refractivity contribution in [1.29, 1.82) is 0 Å². The fourth-order valence-corrected chi connectivity index (χ4v) is 4.79. The normalized spacial score (nSPS) is 26.7. The standard InChI is InChI=1S/C17H24FNOS/c1-12-2-3-13(10-15(12)18)16(19)14-4-7-20-17(11-14)5-8-21-9-6-17/h2-3,10,14,16H,4-9,11,19H2,1H3. The summed E-state index contributed by atoms with van der Waals surface area (Å²) in [4.78, 5) is 0. The molecule has 2 aliphatic rings. The molecule has 2 heterocycles. The van der Waals surface area contributed by atoms with Crippen molar-refractivity contribution in [3.63, 3.8) is 0 Å². The zero-order valence-corrected chi connectivity index (χ0v) is 13.4. The quantitative estimate of drug-likeness (QED) is 0.902. The smallest absolute Gasteiger partial charge is 0.126 e. The minimum absolute atomic E-state index is 0.0367. The number of ether oxygens (including phenoxy) is 1. The van der Waals surface area contributed by atoms with Gasteiger partial charge in [-0.1, -0.05) is 12.1 Å². The van der Waals surface area contributed by atoms with Gasteiger partial charge in [-0.3, -0.25) is 0 Å². The predicted octanol–water partition coefficient (Wildman–Crippen LogP) is 3.83. The lowest BCUT2D eigenvalue weighted by molar-refractivity contribution is -0.105. The average molecular weight is 309 g/mol. The molecule has 0 bridgehead atoms. The summed E-state index contributed by atoms with van der Waals surface area (Å²) in [5.74, 6) is 2.60. The van der Waals surface area contributed by atoms with E-state index in [9.17, 15) is 4.39 Å². The number of halogens is 1. The van der Waals surface area contributed by atoms with Crippen molar-refractivity contribution in [2.75, 3.05) is 18.1 Å². The van der Waals surface area contributed by atoms with Gasteiger partial charge in [-0.2, -0.15) is 11.8 Å². The van der Waals surface area contributed by atoms with Gasteiger partial charge in [0, 0.05) is 12.6 Å². The van der Waals surface area contributed by atoms with Crippen LogP contribution in [0.2, 0.25) is 0 Å². The first-order valence-corrected chi connectivity index (χ1v) is 8.98. The van der Waals surface area contributed by atoms with Gasteiger partial charge in [0.15, 0.2) is 0 Å². The summed E-state index contributed by atoms with van der Waals surface area (Å²) in [6.07, 6.45) is 4.25. The monoisotopic (exact) mass is 309 g/mol. The Morgan fingerprint density at radius 3 is 2.86 bits per heavy atom. The van der Waals surface area contributed by atoms with Crippen LogP contribution in [-0.4, -0.2) is 23.7 Å². The third-order valence-corrected chi connectivity index (χ3v) is 6.01. The molecule has 2 nitrogen and oxygen atoms in total. The Hall–Kier alpha value is -0.580. The average Bonchev–Trinajstić information content (AvgIpc) is 2.50. The summed E-state index contributed by atoms with van der Waals surface area (Å²) in [5.41, 5.74) is 8.09. The minimum Gasteiger partial charge on any atom is -0.375 e. The summed E-state index contributed by atoms with van der Waals surface area (Å²) in [7, 11) is 0. The lowest BCUT2D eigenvalue weighted by atomic mass is 9.77. The Morgan fingerprint density at radius 1 is 1.38 bits per heavy atom. The van der Waals surface area contributed by atoms with Crippen molar-refractivity contribution in [1.82, 2.24) is 0 Å². The molecule has 2 saturated heterocycles. The molecule has 0 saturated carbocycles. The number of aryl methyl sites for hydroxylation is 1. The second-order valence-corrected chi connectivity index (χ2v) is 7.66. The fourth-order valence-electron chi connectivity index (χ4n) is 3.55. The van der Waals surface area contributed by atoms with Gasteiger partial charge in [-0.15, -0.1) is 0 Å². The molecule has 2 aliphatic heterocycles. The first kappa shape index (κ1) is 15.3. The topological polar surface area (TPSA) is 35.2 Å². The van der Waals surface area contributed by atoms with Gasteiger partial charge in [-0.25, -0.2) is 4.39 Å². The molecule has 2 atom stereocenters. The van der Waals surface area contributed by atoms with Crippen LogP contribution < -0.4 is 5.73 Å². The van der Waals surface area contributed by atoms with Crippen LogP contribution in [0, 0.1) is 18.7 Å². The first-order valence-electron chi connectivity index (χ1n) is 7.83. The second-order valence-electron chi connectivity index (χ2n) is 6.43. The molecule has 116 valence electrons. The molecule has 1 aromatic rings. The Balaban J connectivity index is 1.74. The van der Waals surface area contributed by atoms with E-state index in [1.807, 2.05) is 23.9 Å². The molecule has 3 rings (SSSR count). The van der Waals surface area contributed by atoms with Gasteiger partial charge in [0.2, 0.25) is 0 Å². The summed E-state index contributed by atoms with van der Waals surface area (Å²) in [5, 5.41) is 0. The number of hydrogen-bond acceptors (Lipinski definition) is 3. The number of thioether (sulfide) groups is 1. The van der Waals surface area contributed by atoms with E-state index in [-0.39, 0.29) is 17.5 Å². The SMILES string of the molecule is Cc1ccc(C(N)C2CCOC3(CCSCC3)C2)cc1F. The van der Waals surface area contributed by atoms with Crippen LogP contribution in [0.3, 0.4) is 0 Å². The van der Waals surface area contributed by atoms with Gasteiger partial charge >= 0.3 is 0 Å². The van der Waals surface area contributed by atoms with Crippen molar-refractivity contribution in [2.45, 2.75) is 44.2 Å². The zero-order valence-electron chi connectivity index (χ0n) is 12.6. The second kappa shape index (κ2) is 6.27.